The Labute approximate surface area is 153 Å². The van der Waals surface area contributed by atoms with Crippen LogP contribution in [0.3, 0.4) is 0 Å². The molecule has 1 atom stereocenters. The molecule has 0 amide bonds. The van der Waals surface area contributed by atoms with E-state index in [2.05, 4.69) is 15.3 Å². The van der Waals surface area contributed by atoms with E-state index in [4.69, 9.17) is 21.1 Å². The van der Waals surface area contributed by atoms with Gasteiger partial charge in [0.05, 0.1) is 29.4 Å². The van der Waals surface area contributed by atoms with Crippen molar-refractivity contribution in [1.82, 2.24) is 9.97 Å². The summed E-state index contributed by atoms with van der Waals surface area (Å²) in [6.45, 7) is 1.10. The highest BCUT2D eigenvalue weighted by Crippen LogP contribution is 2.35. The minimum atomic E-state index is -0.570. The van der Waals surface area contributed by atoms with E-state index in [-0.39, 0.29) is 22.6 Å². The van der Waals surface area contributed by atoms with Crippen molar-refractivity contribution in [2.75, 3.05) is 18.5 Å². The fourth-order valence-electron chi connectivity index (χ4n) is 2.78. The minimum absolute atomic E-state index is 0.0104. The second-order valence-electron chi connectivity index (χ2n) is 5.89. The van der Waals surface area contributed by atoms with Crippen LogP contribution in [0.5, 0.6) is 11.5 Å². The Morgan fingerprint density at radius 3 is 3.00 bits per heavy atom. The lowest BCUT2D eigenvalue weighted by Gasteiger charge is -2.15. The number of halogens is 2. The molecule has 1 aromatic heterocycles. The van der Waals surface area contributed by atoms with E-state index in [9.17, 15) is 9.50 Å². The largest absolute Gasteiger partial charge is 0.504 e. The summed E-state index contributed by atoms with van der Waals surface area (Å²) in [5.74, 6) is 0.0865. The molecule has 1 aliphatic rings. The number of aromatic hydroxyl groups is 1. The van der Waals surface area contributed by atoms with Crippen molar-refractivity contribution >= 4 is 34.0 Å². The van der Waals surface area contributed by atoms with Gasteiger partial charge in [0, 0.05) is 17.9 Å². The average Bonchev–Trinajstić information content (AvgIpc) is 3.13. The van der Waals surface area contributed by atoms with Crippen LogP contribution >= 0.6 is 11.6 Å². The second kappa shape index (κ2) is 6.93. The zero-order valence-electron chi connectivity index (χ0n) is 13.6. The van der Waals surface area contributed by atoms with Gasteiger partial charge >= 0.3 is 0 Å². The van der Waals surface area contributed by atoms with Gasteiger partial charge < -0.3 is 19.9 Å². The number of nitrogens with one attached hydrogen (secondary N) is 1. The predicted octanol–water partition coefficient (Wildman–Crippen LogP) is 4.04. The lowest BCUT2D eigenvalue weighted by Crippen LogP contribution is -2.15. The average molecular weight is 376 g/mol. The SMILES string of the molecule is Oc1cc2ncnc(Nc3cccc(Cl)c3F)c2cc1OC1CCOC1. The molecule has 1 unspecified atom stereocenters. The van der Waals surface area contributed by atoms with Gasteiger partial charge in [0.25, 0.3) is 0 Å². The van der Waals surface area contributed by atoms with Gasteiger partial charge in [-0.25, -0.2) is 14.4 Å². The summed E-state index contributed by atoms with van der Waals surface area (Å²) in [7, 11) is 0. The molecular formula is C18H15ClFN3O3. The molecular weight excluding hydrogens is 361 g/mol. The van der Waals surface area contributed by atoms with Crippen LogP contribution in [0, 0.1) is 5.82 Å². The van der Waals surface area contributed by atoms with Crippen molar-refractivity contribution < 1.29 is 19.0 Å². The molecule has 2 N–H and O–H groups in total. The molecule has 1 fully saturated rings. The molecule has 0 bridgehead atoms. The van der Waals surface area contributed by atoms with E-state index in [0.717, 1.165) is 6.42 Å². The molecule has 0 saturated carbocycles. The number of hydrogen-bond donors (Lipinski definition) is 2. The van der Waals surface area contributed by atoms with Gasteiger partial charge in [-0.1, -0.05) is 17.7 Å². The van der Waals surface area contributed by atoms with Gasteiger partial charge in [0.1, 0.15) is 18.2 Å². The molecule has 0 radical (unpaired) electrons. The maximum absolute atomic E-state index is 14.2. The Balaban J connectivity index is 1.73. The van der Waals surface area contributed by atoms with Crippen LogP contribution in [0.15, 0.2) is 36.7 Å². The van der Waals surface area contributed by atoms with Crippen LogP contribution in [0.25, 0.3) is 10.9 Å². The number of aromatic nitrogens is 2. The van der Waals surface area contributed by atoms with Gasteiger partial charge in [0.15, 0.2) is 17.3 Å². The number of benzene rings is 2. The van der Waals surface area contributed by atoms with Crippen molar-refractivity contribution in [2.24, 2.45) is 0 Å². The fourth-order valence-corrected chi connectivity index (χ4v) is 2.95. The van der Waals surface area contributed by atoms with Crippen LogP contribution in [-0.2, 0) is 4.74 Å². The van der Waals surface area contributed by atoms with Crippen molar-refractivity contribution in [1.29, 1.82) is 0 Å². The predicted molar refractivity (Wildman–Crippen MR) is 95.7 cm³/mol. The molecule has 134 valence electrons. The van der Waals surface area contributed by atoms with Crippen LogP contribution < -0.4 is 10.1 Å². The number of rotatable bonds is 4. The standard InChI is InChI=1S/C18H15ClFN3O3/c19-12-2-1-3-13(17(12)20)23-18-11-6-16(26-10-4-5-25-8-10)15(24)7-14(11)21-9-22-18/h1-3,6-7,9-10,24H,4-5,8H2,(H,21,22,23). The molecule has 0 spiro atoms. The lowest BCUT2D eigenvalue weighted by atomic mass is 10.2. The summed E-state index contributed by atoms with van der Waals surface area (Å²) in [4.78, 5) is 8.33. The van der Waals surface area contributed by atoms with Gasteiger partial charge in [-0.15, -0.1) is 0 Å². The highest BCUT2D eigenvalue weighted by Gasteiger charge is 2.20. The number of phenols is 1. The first-order chi connectivity index (χ1) is 12.6. The number of fused-ring (bicyclic) bond motifs is 1. The molecule has 1 saturated heterocycles. The Morgan fingerprint density at radius 2 is 2.19 bits per heavy atom. The Morgan fingerprint density at radius 1 is 1.31 bits per heavy atom. The van der Waals surface area contributed by atoms with E-state index < -0.39 is 5.82 Å². The summed E-state index contributed by atoms with van der Waals surface area (Å²) >= 11 is 5.83. The second-order valence-corrected chi connectivity index (χ2v) is 6.30. The molecule has 6 nitrogen and oxygen atoms in total. The van der Waals surface area contributed by atoms with Gasteiger partial charge in [0.2, 0.25) is 0 Å². The number of ether oxygens (including phenoxy) is 2. The van der Waals surface area contributed by atoms with Gasteiger partial charge in [-0.3, -0.25) is 0 Å². The smallest absolute Gasteiger partial charge is 0.165 e. The lowest BCUT2D eigenvalue weighted by molar-refractivity contribution is 0.139. The van der Waals surface area contributed by atoms with E-state index >= 15 is 0 Å². The van der Waals surface area contributed by atoms with Gasteiger partial charge in [-0.05, 0) is 18.2 Å². The molecule has 26 heavy (non-hydrogen) atoms. The summed E-state index contributed by atoms with van der Waals surface area (Å²) in [5, 5.41) is 13.7. The summed E-state index contributed by atoms with van der Waals surface area (Å²) in [5.41, 5.74) is 0.690. The summed E-state index contributed by atoms with van der Waals surface area (Å²) < 4.78 is 25.3. The van der Waals surface area contributed by atoms with Crippen molar-refractivity contribution in [2.45, 2.75) is 12.5 Å². The number of anilines is 2. The monoisotopic (exact) mass is 375 g/mol. The van der Waals surface area contributed by atoms with Crippen molar-refractivity contribution in [3.63, 3.8) is 0 Å². The highest BCUT2D eigenvalue weighted by molar-refractivity contribution is 6.31. The van der Waals surface area contributed by atoms with Crippen LogP contribution in [0.1, 0.15) is 6.42 Å². The van der Waals surface area contributed by atoms with E-state index in [1.54, 1.807) is 18.2 Å². The highest BCUT2D eigenvalue weighted by atomic mass is 35.5. The Hall–Kier alpha value is -2.64. The van der Waals surface area contributed by atoms with Crippen LogP contribution in [-0.4, -0.2) is 34.4 Å². The summed E-state index contributed by atoms with van der Waals surface area (Å²) in [6.07, 6.45) is 1.96. The van der Waals surface area contributed by atoms with Gasteiger partial charge in [-0.2, -0.15) is 0 Å². The first-order valence-electron chi connectivity index (χ1n) is 8.05. The van der Waals surface area contributed by atoms with E-state index in [1.165, 1.54) is 18.5 Å². The third-order valence-electron chi connectivity index (χ3n) is 4.10. The van der Waals surface area contributed by atoms with E-state index in [0.29, 0.717) is 35.7 Å². The third-order valence-corrected chi connectivity index (χ3v) is 4.39. The molecule has 2 aromatic carbocycles. The number of hydrogen-bond acceptors (Lipinski definition) is 6. The zero-order chi connectivity index (χ0) is 18.1. The van der Waals surface area contributed by atoms with Crippen LogP contribution in [0.2, 0.25) is 5.02 Å². The Kier molecular flexibility index (Phi) is 4.48. The first kappa shape index (κ1) is 16.8. The molecule has 8 heteroatoms. The first-order valence-corrected chi connectivity index (χ1v) is 8.43. The minimum Gasteiger partial charge on any atom is -0.504 e. The molecule has 1 aliphatic heterocycles. The molecule has 2 heterocycles. The van der Waals surface area contributed by atoms with E-state index in [1.807, 2.05) is 0 Å². The number of nitrogens with zero attached hydrogens (tertiary/aromatic N) is 2. The Bertz CT molecular complexity index is 964. The van der Waals surface area contributed by atoms with Crippen molar-refractivity contribution in [3.8, 4) is 11.5 Å². The third kappa shape index (κ3) is 3.23. The quantitative estimate of drug-likeness (QED) is 0.716. The summed E-state index contributed by atoms with van der Waals surface area (Å²) in [6, 6.07) is 7.78. The normalized spacial score (nSPS) is 16.8. The maximum Gasteiger partial charge on any atom is 0.165 e. The van der Waals surface area contributed by atoms with Crippen LogP contribution in [0.4, 0.5) is 15.9 Å². The molecule has 4 rings (SSSR count). The zero-order valence-corrected chi connectivity index (χ0v) is 14.3. The topological polar surface area (TPSA) is 76.5 Å². The fraction of sp³-hybridized carbons (Fsp3) is 0.222. The molecule has 3 aromatic rings. The number of phenolic OH excluding ortho intramolecular Hbond substituents is 1. The maximum atomic E-state index is 14.2. The molecule has 0 aliphatic carbocycles. The van der Waals surface area contributed by atoms with Crippen molar-refractivity contribution in [3.05, 3.63) is 47.5 Å².